The number of rotatable bonds is 11. The molecule has 3 aromatic rings. The van der Waals surface area contributed by atoms with Crippen molar-refractivity contribution in [3.8, 4) is 0 Å². The third kappa shape index (κ3) is 7.53. The molecule has 0 heterocycles. The molecule has 0 unspecified atom stereocenters. The van der Waals surface area contributed by atoms with Gasteiger partial charge in [-0.2, -0.15) is 0 Å². The number of aryl methyl sites for hydroxylation is 1. The first kappa shape index (κ1) is 31.4. The number of anilines is 1. The summed E-state index contributed by atoms with van der Waals surface area (Å²) in [6.45, 7) is 6.40. The Bertz CT molecular complexity index is 1430. The van der Waals surface area contributed by atoms with Gasteiger partial charge in [0.1, 0.15) is 18.4 Å². The third-order valence-electron chi connectivity index (χ3n) is 6.56. The third-order valence-corrected chi connectivity index (χ3v) is 9.06. The van der Waals surface area contributed by atoms with Crippen LogP contribution in [0.15, 0.2) is 71.6 Å². The fourth-order valence-corrected chi connectivity index (χ4v) is 5.81. The highest BCUT2D eigenvalue weighted by Crippen LogP contribution is 2.28. The van der Waals surface area contributed by atoms with Gasteiger partial charge >= 0.3 is 0 Å². The van der Waals surface area contributed by atoms with Crippen LogP contribution < -0.4 is 9.62 Å². The molecular weight excluding hydrogens is 576 g/mol. The molecule has 0 aliphatic heterocycles. The Morgan fingerprint density at radius 3 is 2.08 bits per heavy atom. The number of carbonyl (C=O) groups excluding carboxylic acids is 2. The number of carbonyl (C=O) groups is 2. The molecule has 0 fully saturated rings. The summed E-state index contributed by atoms with van der Waals surface area (Å²) in [6, 6.07) is 14.7. The topological polar surface area (TPSA) is 86.8 Å². The maximum atomic E-state index is 13.9. The van der Waals surface area contributed by atoms with Gasteiger partial charge in [-0.3, -0.25) is 13.9 Å². The summed E-state index contributed by atoms with van der Waals surface area (Å²) in [7, 11) is -4.30. The average Bonchev–Trinajstić information content (AvgIpc) is 2.91. The number of nitrogens with one attached hydrogen (secondary N) is 1. The van der Waals surface area contributed by atoms with Crippen molar-refractivity contribution >= 4 is 50.7 Å². The van der Waals surface area contributed by atoms with E-state index < -0.39 is 40.2 Å². The lowest BCUT2D eigenvalue weighted by Gasteiger charge is -2.33. The SMILES string of the molecule is CC[C@@H](C)NC(=O)[C@H](C)N(Cc1c(Cl)cccc1Cl)C(=O)CN(c1ccc(C)cc1)S(=O)(=O)c1ccc(F)cc1. The van der Waals surface area contributed by atoms with Gasteiger partial charge in [-0.25, -0.2) is 12.8 Å². The van der Waals surface area contributed by atoms with E-state index in [0.29, 0.717) is 22.0 Å². The molecule has 40 heavy (non-hydrogen) atoms. The van der Waals surface area contributed by atoms with Crippen molar-refractivity contribution in [1.29, 1.82) is 0 Å². The van der Waals surface area contributed by atoms with Gasteiger partial charge in [-0.15, -0.1) is 0 Å². The second kappa shape index (κ2) is 13.5. The minimum absolute atomic E-state index is 0.134. The van der Waals surface area contributed by atoms with E-state index in [4.69, 9.17) is 23.2 Å². The molecule has 2 amide bonds. The first-order valence-corrected chi connectivity index (χ1v) is 14.9. The Kier molecular flexibility index (Phi) is 10.6. The smallest absolute Gasteiger partial charge is 0.264 e. The molecule has 3 aromatic carbocycles. The van der Waals surface area contributed by atoms with Crippen LogP contribution in [0.3, 0.4) is 0 Å². The minimum atomic E-state index is -4.30. The molecule has 0 saturated heterocycles. The van der Waals surface area contributed by atoms with Crippen LogP contribution in [0.1, 0.15) is 38.3 Å². The number of hydrogen-bond acceptors (Lipinski definition) is 4. The summed E-state index contributed by atoms with van der Waals surface area (Å²) in [4.78, 5) is 28.1. The molecule has 0 aliphatic rings. The summed E-state index contributed by atoms with van der Waals surface area (Å²) in [5, 5.41) is 3.47. The number of hydrogen-bond donors (Lipinski definition) is 1. The summed E-state index contributed by atoms with van der Waals surface area (Å²) in [5.41, 5.74) is 1.54. The first-order valence-electron chi connectivity index (χ1n) is 12.7. The number of amides is 2. The van der Waals surface area contributed by atoms with Gasteiger partial charge in [0.25, 0.3) is 10.0 Å². The standard InChI is InChI=1S/C29H32Cl2FN3O4S/c1-5-20(3)33-29(37)21(4)34(17-25-26(30)7-6-8-27(25)31)28(36)18-35(23-13-9-19(2)10-14-23)40(38,39)24-15-11-22(32)12-16-24/h6-16,20-21H,5,17-18H2,1-4H3,(H,33,37)/t20-,21+/m1/s1. The average molecular weight is 609 g/mol. The van der Waals surface area contributed by atoms with Crippen LogP contribution in [0.2, 0.25) is 10.0 Å². The molecule has 3 rings (SSSR count). The number of benzene rings is 3. The van der Waals surface area contributed by atoms with Crippen LogP contribution in [-0.2, 0) is 26.2 Å². The summed E-state index contributed by atoms with van der Waals surface area (Å²) >= 11 is 12.8. The predicted molar refractivity (Wildman–Crippen MR) is 156 cm³/mol. The van der Waals surface area contributed by atoms with E-state index in [0.717, 1.165) is 34.1 Å². The lowest BCUT2D eigenvalue weighted by atomic mass is 10.1. The molecule has 2 atom stereocenters. The van der Waals surface area contributed by atoms with E-state index in [-0.39, 0.29) is 23.2 Å². The van der Waals surface area contributed by atoms with Gasteiger partial charge in [0.2, 0.25) is 11.8 Å². The molecule has 214 valence electrons. The van der Waals surface area contributed by atoms with E-state index >= 15 is 0 Å². The molecule has 0 saturated carbocycles. The highest BCUT2D eigenvalue weighted by molar-refractivity contribution is 7.92. The Hall–Kier alpha value is -3.14. The predicted octanol–water partition coefficient (Wildman–Crippen LogP) is 5.97. The highest BCUT2D eigenvalue weighted by Gasteiger charge is 2.33. The number of sulfonamides is 1. The molecular formula is C29H32Cl2FN3O4S. The van der Waals surface area contributed by atoms with Crippen molar-refractivity contribution in [2.75, 3.05) is 10.8 Å². The quantitative estimate of drug-likeness (QED) is 0.291. The van der Waals surface area contributed by atoms with Crippen LogP contribution >= 0.6 is 23.2 Å². The first-order chi connectivity index (χ1) is 18.8. The fraction of sp³-hybridized carbons (Fsp3) is 0.310. The second-order valence-electron chi connectivity index (χ2n) is 9.52. The zero-order valence-electron chi connectivity index (χ0n) is 22.7. The zero-order valence-corrected chi connectivity index (χ0v) is 25.0. The molecule has 0 spiro atoms. The van der Waals surface area contributed by atoms with E-state index in [9.17, 15) is 22.4 Å². The van der Waals surface area contributed by atoms with Gasteiger partial charge in [0, 0.05) is 28.2 Å². The fourth-order valence-electron chi connectivity index (χ4n) is 3.88. The van der Waals surface area contributed by atoms with Crippen LogP contribution in [0.4, 0.5) is 10.1 Å². The van der Waals surface area contributed by atoms with Gasteiger partial charge in [-0.05, 0) is 75.7 Å². The summed E-state index contributed by atoms with van der Waals surface area (Å²) < 4.78 is 42.0. The van der Waals surface area contributed by atoms with Crippen molar-refractivity contribution in [3.05, 3.63) is 93.7 Å². The van der Waals surface area contributed by atoms with Crippen LogP contribution in [-0.4, -0.2) is 43.8 Å². The highest BCUT2D eigenvalue weighted by atomic mass is 35.5. The van der Waals surface area contributed by atoms with Crippen molar-refractivity contribution < 1.29 is 22.4 Å². The summed E-state index contributed by atoms with van der Waals surface area (Å²) in [5.74, 6) is -1.66. The molecule has 0 radical (unpaired) electrons. The maximum Gasteiger partial charge on any atom is 0.264 e. The van der Waals surface area contributed by atoms with Crippen LogP contribution in [0.5, 0.6) is 0 Å². The minimum Gasteiger partial charge on any atom is -0.352 e. The van der Waals surface area contributed by atoms with Crippen molar-refractivity contribution in [1.82, 2.24) is 10.2 Å². The largest absolute Gasteiger partial charge is 0.352 e. The lowest BCUT2D eigenvalue weighted by Crippen LogP contribution is -2.52. The van der Waals surface area contributed by atoms with Gasteiger partial charge in [0.05, 0.1) is 10.6 Å². The molecule has 0 bridgehead atoms. The van der Waals surface area contributed by atoms with Crippen molar-refractivity contribution in [2.45, 2.75) is 57.6 Å². The van der Waals surface area contributed by atoms with Gasteiger partial charge in [-0.1, -0.05) is 53.9 Å². The van der Waals surface area contributed by atoms with Crippen molar-refractivity contribution in [2.24, 2.45) is 0 Å². The van der Waals surface area contributed by atoms with Crippen molar-refractivity contribution in [3.63, 3.8) is 0 Å². The second-order valence-corrected chi connectivity index (χ2v) is 12.2. The Morgan fingerprint density at radius 1 is 0.950 bits per heavy atom. The monoisotopic (exact) mass is 607 g/mol. The molecule has 0 aromatic heterocycles. The number of nitrogens with zero attached hydrogens (tertiary/aromatic N) is 2. The normalized spacial score (nSPS) is 12.9. The summed E-state index contributed by atoms with van der Waals surface area (Å²) in [6.07, 6.45) is 0.680. The Morgan fingerprint density at radius 2 is 1.52 bits per heavy atom. The van der Waals surface area contributed by atoms with E-state index in [1.807, 2.05) is 20.8 Å². The van der Waals surface area contributed by atoms with Gasteiger partial charge in [0.15, 0.2) is 0 Å². The Labute approximate surface area is 244 Å². The van der Waals surface area contributed by atoms with E-state index in [2.05, 4.69) is 5.32 Å². The molecule has 7 nitrogen and oxygen atoms in total. The lowest BCUT2D eigenvalue weighted by molar-refractivity contribution is -0.139. The molecule has 11 heteroatoms. The zero-order chi connectivity index (χ0) is 29.6. The van der Waals surface area contributed by atoms with Crippen LogP contribution in [0, 0.1) is 12.7 Å². The maximum absolute atomic E-state index is 13.9. The van der Waals surface area contributed by atoms with Crippen LogP contribution in [0.25, 0.3) is 0 Å². The molecule has 1 N–H and O–H groups in total. The van der Waals surface area contributed by atoms with E-state index in [1.165, 1.54) is 4.90 Å². The Balaban J connectivity index is 2.06. The molecule has 0 aliphatic carbocycles. The van der Waals surface area contributed by atoms with E-state index in [1.54, 1.807) is 49.4 Å². The number of halogens is 3. The van der Waals surface area contributed by atoms with Gasteiger partial charge < -0.3 is 10.2 Å².